The van der Waals surface area contributed by atoms with Crippen molar-refractivity contribution in [1.29, 1.82) is 0 Å². The van der Waals surface area contributed by atoms with Gasteiger partial charge in [-0.1, -0.05) is 0 Å². The van der Waals surface area contributed by atoms with Crippen molar-refractivity contribution in [3.63, 3.8) is 0 Å². The van der Waals surface area contributed by atoms with Crippen molar-refractivity contribution in [3.05, 3.63) is 0 Å². The summed E-state index contributed by atoms with van der Waals surface area (Å²) in [6.07, 6.45) is 0. The highest BCUT2D eigenvalue weighted by Crippen LogP contribution is 2.17. The third-order valence-electron chi connectivity index (χ3n) is 0.612. The van der Waals surface area contributed by atoms with Crippen molar-refractivity contribution in [1.82, 2.24) is 6.15 Å². The zero-order chi connectivity index (χ0) is 7.71. The van der Waals surface area contributed by atoms with Crippen LogP contribution in [0.1, 0.15) is 41.5 Å². The van der Waals surface area contributed by atoms with E-state index < -0.39 is 0 Å². The Morgan fingerprint density at radius 3 is 0.900 bits per heavy atom. The summed E-state index contributed by atoms with van der Waals surface area (Å²) in [6, 6.07) is 0. The molecule has 0 bridgehead atoms. The highest BCUT2D eigenvalue weighted by molar-refractivity contribution is 4.68. The van der Waals surface area contributed by atoms with E-state index in [9.17, 15) is 0 Å². The first-order chi connectivity index (χ1) is 3.71. The minimum absolute atomic E-state index is 0. The van der Waals surface area contributed by atoms with Gasteiger partial charge in [-0.05, 0) is 41.5 Å². The van der Waals surface area contributed by atoms with Crippen molar-refractivity contribution < 1.29 is 4.74 Å². The quantitative estimate of drug-likeness (QED) is 0.572. The molecule has 0 aromatic rings. The molecule has 0 heterocycles. The van der Waals surface area contributed by atoms with Crippen molar-refractivity contribution in [3.8, 4) is 0 Å². The molecule has 0 saturated heterocycles. The Bertz CT molecular complexity index is 74.4. The van der Waals surface area contributed by atoms with Crippen LogP contribution in [0.5, 0.6) is 0 Å². The van der Waals surface area contributed by atoms with Crippen LogP contribution in [0.4, 0.5) is 0 Å². The fourth-order valence-electron chi connectivity index (χ4n) is 0.919. The summed E-state index contributed by atoms with van der Waals surface area (Å²) in [4.78, 5) is 0. The second-order valence-corrected chi connectivity index (χ2v) is 4.33. The lowest BCUT2D eigenvalue weighted by atomic mass is 10.1. The van der Waals surface area contributed by atoms with Crippen LogP contribution in [0.3, 0.4) is 0 Å². The summed E-state index contributed by atoms with van der Waals surface area (Å²) < 4.78 is 5.62. The van der Waals surface area contributed by atoms with E-state index in [0.717, 1.165) is 0 Å². The molecule has 2 heteroatoms. The maximum atomic E-state index is 5.62. The first-order valence-corrected chi connectivity index (χ1v) is 3.41. The highest BCUT2D eigenvalue weighted by atomic mass is 16.5. The Hall–Kier alpha value is -0.0800. The van der Waals surface area contributed by atoms with Gasteiger partial charge >= 0.3 is 0 Å². The van der Waals surface area contributed by atoms with Crippen molar-refractivity contribution in [2.75, 3.05) is 0 Å². The summed E-state index contributed by atoms with van der Waals surface area (Å²) >= 11 is 0. The largest absolute Gasteiger partial charge is 0.370 e. The van der Waals surface area contributed by atoms with E-state index in [1.807, 2.05) is 0 Å². The standard InChI is InChI=1S/C8H18O.H3N/c1-7(2,3)9-8(4,5)6;/h1-6H3;1H3. The van der Waals surface area contributed by atoms with Crippen LogP contribution in [0.2, 0.25) is 0 Å². The van der Waals surface area contributed by atoms with E-state index in [0.29, 0.717) is 0 Å². The lowest BCUT2D eigenvalue weighted by Gasteiger charge is -2.30. The highest BCUT2D eigenvalue weighted by Gasteiger charge is 2.19. The first-order valence-electron chi connectivity index (χ1n) is 3.41. The monoisotopic (exact) mass is 147 g/mol. The van der Waals surface area contributed by atoms with E-state index in [1.165, 1.54) is 0 Å². The van der Waals surface area contributed by atoms with Gasteiger partial charge in [-0.25, -0.2) is 0 Å². The van der Waals surface area contributed by atoms with Gasteiger partial charge in [-0.2, -0.15) is 0 Å². The summed E-state index contributed by atoms with van der Waals surface area (Å²) in [5, 5.41) is 0. The van der Waals surface area contributed by atoms with Gasteiger partial charge in [0.15, 0.2) is 0 Å². The number of rotatable bonds is 0. The fourth-order valence-corrected chi connectivity index (χ4v) is 0.919. The normalized spacial score (nSPS) is 12.6. The molecular formula is C8H21NO. The van der Waals surface area contributed by atoms with Gasteiger partial charge in [-0.3, -0.25) is 0 Å². The minimum Gasteiger partial charge on any atom is -0.370 e. The molecule has 0 aliphatic rings. The lowest BCUT2D eigenvalue weighted by Crippen LogP contribution is -2.31. The average molecular weight is 147 g/mol. The molecule has 0 fully saturated rings. The molecule has 0 unspecified atom stereocenters. The number of hydrogen-bond acceptors (Lipinski definition) is 2. The molecule has 0 spiro atoms. The van der Waals surface area contributed by atoms with E-state index in [4.69, 9.17) is 4.74 Å². The SMILES string of the molecule is CC(C)(C)OC(C)(C)C.N. The third kappa shape index (κ3) is 10.8. The van der Waals surface area contributed by atoms with Crippen LogP contribution >= 0.6 is 0 Å². The van der Waals surface area contributed by atoms with Crippen LogP contribution < -0.4 is 6.15 Å². The predicted octanol–water partition coefficient (Wildman–Crippen LogP) is 2.76. The topological polar surface area (TPSA) is 44.2 Å². The van der Waals surface area contributed by atoms with E-state index >= 15 is 0 Å². The molecule has 0 aliphatic heterocycles. The maximum Gasteiger partial charge on any atom is 0.0605 e. The molecule has 0 saturated carbocycles. The van der Waals surface area contributed by atoms with Gasteiger partial charge in [0.25, 0.3) is 0 Å². The Kier molecular flexibility index (Phi) is 4.22. The molecule has 0 atom stereocenters. The number of ether oxygens (including phenoxy) is 1. The molecule has 2 nitrogen and oxygen atoms in total. The minimum atomic E-state index is -0.0156. The van der Waals surface area contributed by atoms with Crippen molar-refractivity contribution >= 4 is 0 Å². The molecular weight excluding hydrogens is 126 g/mol. The van der Waals surface area contributed by atoms with Crippen LogP contribution in [-0.2, 0) is 4.74 Å². The predicted molar refractivity (Wildman–Crippen MR) is 45.6 cm³/mol. The first kappa shape index (κ1) is 12.6. The summed E-state index contributed by atoms with van der Waals surface area (Å²) in [5.74, 6) is 0. The summed E-state index contributed by atoms with van der Waals surface area (Å²) in [6.45, 7) is 12.4. The maximum absolute atomic E-state index is 5.62. The van der Waals surface area contributed by atoms with Crippen LogP contribution in [0.15, 0.2) is 0 Å². The molecule has 3 N–H and O–H groups in total. The zero-order valence-electron chi connectivity index (χ0n) is 8.12. The smallest absolute Gasteiger partial charge is 0.0605 e. The Labute approximate surface area is 64.5 Å². The average Bonchev–Trinajstić information content (AvgIpc) is 1.14. The van der Waals surface area contributed by atoms with Crippen LogP contribution in [-0.4, -0.2) is 11.2 Å². The molecule has 0 aromatic carbocycles. The van der Waals surface area contributed by atoms with Crippen LogP contribution in [0.25, 0.3) is 0 Å². The molecule has 0 amide bonds. The lowest BCUT2D eigenvalue weighted by molar-refractivity contribution is -0.102. The number of hydrogen-bond donors (Lipinski definition) is 1. The second-order valence-electron chi connectivity index (χ2n) is 4.33. The van der Waals surface area contributed by atoms with Gasteiger partial charge in [0.2, 0.25) is 0 Å². The van der Waals surface area contributed by atoms with Gasteiger partial charge in [0.1, 0.15) is 0 Å². The molecule has 10 heavy (non-hydrogen) atoms. The van der Waals surface area contributed by atoms with Gasteiger partial charge < -0.3 is 10.9 Å². The Balaban J connectivity index is 0. The van der Waals surface area contributed by atoms with Gasteiger partial charge in [0, 0.05) is 0 Å². The van der Waals surface area contributed by atoms with Crippen LogP contribution in [0, 0.1) is 0 Å². The van der Waals surface area contributed by atoms with E-state index in [-0.39, 0.29) is 17.4 Å². The van der Waals surface area contributed by atoms with Gasteiger partial charge in [-0.15, -0.1) is 0 Å². The van der Waals surface area contributed by atoms with E-state index in [1.54, 1.807) is 0 Å². The third-order valence-corrected chi connectivity index (χ3v) is 0.612. The Morgan fingerprint density at radius 1 is 0.700 bits per heavy atom. The van der Waals surface area contributed by atoms with Gasteiger partial charge in [0.05, 0.1) is 11.2 Å². The zero-order valence-corrected chi connectivity index (χ0v) is 8.12. The Morgan fingerprint density at radius 2 is 0.900 bits per heavy atom. The summed E-state index contributed by atoms with van der Waals surface area (Å²) in [5.41, 5.74) is -0.0312. The molecule has 0 rings (SSSR count). The van der Waals surface area contributed by atoms with E-state index in [2.05, 4.69) is 41.5 Å². The molecule has 0 radical (unpaired) electrons. The molecule has 0 aliphatic carbocycles. The summed E-state index contributed by atoms with van der Waals surface area (Å²) in [7, 11) is 0. The second kappa shape index (κ2) is 3.35. The molecule has 0 aromatic heterocycles. The fraction of sp³-hybridized carbons (Fsp3) is 1.00. The molecule has 64 valence electrons. The van der Waals surface area contributed by atoms with Crippen molar-refractivity contribution in [2.24, 2.45) is 0 Å². The van der Waals surface area contributed by atoms with Crippen molar-refractivity contribution in [2.45, 2.75) is 52.7 Å².